The molecule has 1 heterocycles. The van der Waals surface area contributed by atoms with Gasteiger partial charge in [0.15, 0.2) is 0 Å². The number of nitrogens with one attached hydrogen (secondary N) is 2. The fourth-order valence-corrected chi connectivity index (χ4v) is 2.61. The quantitative estimate of drug-likeness (QED) is 0.791. The van der Waals surface area contributed by atoms with Gasteiger partial charge in [-0.05, 0) is 47.1 Å². The van der Waals surface area contributed by atoms with Crippen LogP contribution in [0.1, 0.15) is 16.8 Å². The second-order valence-electron chi connectivity index (χ2n) is 4.83. The Hall–Kier alpha value is -0.620. The average molecular weight is 361 g/mol. The lowest BCUT2D eigenvalue weighted by Crippen LogP contribution is -2.44. The number of benzene rings is 1. The van der Waals surface area contributed by atoms with Crippen molar-refractivity contribution in [3.05, 3.63) is 33.3 Å². The summed E-state index contributed by atoms with van der Waals surface area (Å²) in [6.45, 7) is 6.03. The van der Waals surface area contributed by atoms with E-state index < -0.39 is 0 Å². The Bertz CT molecular complexity index is 464. The lowest BCUT2D eigenvalue weighted by atomic mass is 10.2. The predicted octanol–water partition coefficient (Wildman–Crippen LogP) is 2.13. The normalized spacial score (nSPS) is 16.1. The van der Waals surface area contributed by atoms with Crippen LogP contribution in [0.5, 0.6) is 0 Å². The first-order chi connectivity index (χ1) is 9.66. The van der Waals surface area contributed by atoms with Gasteiger partial charge in [0.1, 0.15) is 0 Å². The molecule has 0 radical (unpaired) electrons. The summed E-state index contributed by atoms with van der Waals surface area (Å²) in [6, 6.07) is 5.23. The summed E-state index contributed by atoms with van der Waals surface area (Å²) in [5, 5.41) is 6.81. The third-order valence-electron chi connectivity index (χ3n) is 3.33. The van der Waals surface area contributed by atoms with Crippen molar-refractivity contribution in [2.75, 3.05) is 39.3 Å². The molecular formula is C14H19BrClN3O. The Balaban J connectivity index is 1.70. The molecule has 0 aliphatic carbocycles. The average Bonchev–Trinajstić information content (AvgIpc) is 2.47. The van der Waals surface area contributed by atoms with Gasteiger partial charge < -0.3 is 15.5 Å². The van der Waals surface area contributed by atoms with Gasteiger partial charge in [-0.3, -0.25) is 4.79 Å². The molecule has 4 nitrogen and oxygen atoms in total. The molecule has 1 aliphatic heterocycles. The van der Waals surface area contributed by atoms with Gasteiger partial charge in [-0.15, -0.1) is 0 Å². The highest BCUT2D eigenvalue weighted by Crippen LogP contribution is 2.23. The number of carbonyl (C=O) groups excluding carboxylic acids is 1. The number of carbonyl (C=O) groups is 1. The van der Waals surface area contributed by atoms with Gasteiger partial charge in [-0.2, -0.15) is 0 Å². The molecule has 0 saturated carbocycles. The van der Waals surface area contributed by atoms with Gasteiger partial charge in [0.2, 0.25) is 0 Å². The second kappa shape index (κ2) is 7.98. The van der Waals surface area contributed by atoms with E-state index in [1.807, 2.05) is 0 Å². The summed E-state index contributed by atoms with van der Waals surface area (Å²) in [6.07, 6.45) is 0.968. The van der Waals surface area contributed by atoms with Crippen molar-refractivity contribution >= 4 is 33.4 Å². The highest BCUT2D eigenvalue weighted by Gasteiger charge is 2.10. The summed E-state index contributed by atoms with van der Waals surface area (Å²) < 4.78 is 0.800. The molecule has 1 amide bonds. The van der Waals surface area contributed by atoms with Crippen LogP contribution >= 0.6 is 27.5 Å². The first-order valence-electron chi connectivity index (χ1n) is 6.83. The van der Waals surface area contributed by atoms with E-state index >= 15 is 0 Å². The lowest BCUT2D eigenvalue weighted by molar-refractivity contribution is 0.0951. The Morgan fingerprint density at radius 3 is 2.85 bits per heavy atom. The Morgan fingerprint density at radius 2 is 2.15 bits per heavy atom. The highest BCUT2D eigenvalue weighted by atomic mass is 79.9. The zero-order valence-corrected chi connectivity index (χ0v) is 13.6. The molecule has 1 aromatic carbocycles. The van der Waals surface area contributed by atoms with E-state index in [-0.39, 0.29) is 5.91 Å². The molecule has 2 rings (SSSR count). The molecule has 0 unspecified atom stereocenters. The predicted molar refractivity (Wildman–Crippen MR) is 85.4 cm³/mol. The van der Waals surface area contributed by atoms with Crippen LogP contribution in [-0.4, -0.2) is 50.1 Å². The number of nitrogens with zero attached hydrogens (tertiary/aromatic N) is 1. The maximum atomic E-state index is 12.0. The summed E-state index contributed by atoms with van der Waals surface area (Å²) >= 11 is 9.29. The van der Waals surface area contributed by atoms with E-state index in [9.17, 15) is 4.79 Å². The minimum atomic E-state index is -0.0697. The monoisotopic (exact) mass is 359 g/mol. The number of hydrogen-bond acceptors (Lipinski definition) is 3. The number of piperazine rings is 1. The molecule has 0 aromatic heterocycles. The summed E-state index contributed by atoms with van der Waals surface area (Å²) in [4.78, 5) is 14.4. The molecule has 2 N–H and O–H groups in total. The Kier molecular flexibility index (Phi) is 6.29. The molecule has 0 spiro atoms. The molecule has 1 saturated heterocycles. The van der Waals surface area contributed by atoms with E-state index in [0.717, 1.165) is 43.6 Å². The van der Waals surface area contributed by atoms with Crippen molar-refractivity contribution < 1.29 is 4.79 Å². The maximum Gasteiger partial charge on any atom is 0.251 e. The van der Waals surface area contributed by atoms with Crippen LogP contribution in [0.25, 0.3) is 0 Å². The van der Waals surface area contributed by atoms with Gasteiger partial charge in [0, 0.05) is 42.8 Å². The van der Waals surface area contributed by atoms with Gasteiger partial charge in [0.05, 0.1) is 5.02 Å². The molecule has 1 aromatic rings. The lowest BCUT2D eigenvalue weighted by Gasteiger charge is -2.27. The van der Waals surface area contributed by atoms with Crippen LogP contribution in [0, 0.1) is 0 Å². The maximum absolute atomic E-state index is 12.0. The van der Waals surface area contributed by atoms with Gasteiger partial charge in [0.25, 0.3) is 5.91 Å². The molecule has 1 aliphatic rings. The number of amides is 1. The number of rotatable bonds is 5. The zero-order chi connectivity index (χ0) is 14.4. The van der Waals surface area contributed by atoms with Crippen molar-refractivity contribution in [2.45, 2.75) is 6.42 Å². The van der Waals surface area contributed by atoms with Crippen LogP contribution in [0.4, 0.5) is 0 Å². The summed E-state index contributed by atoms with van der Waals surface area (Å²) in [5.41, 5.74) is 0.598. The zero-order valence-electron chi connectivity index (χ0n) is 11.3. The third kappa shape index (κ3) is 4.74. The second-order valence-corrected chi connectivity index (χ2v) is 6.09. The molecule has 20 heavy (non-hydrogen) atoms. The Labute approximate surface area is 133 Å². The first-order valence-corrected chi connectivity index (χ1v) is 8.00. The largest absolute Gasteiger partial charge is 0.352 e. The van der Waals surface area contributed by atoms with Crippen molar-refractivity contribution in [1.29, 1.82) is 0 Å². The fourth-order valence-electron chi connectivity index (χ4n) is 2.18. The first kappa shape index (κ1) is 15.8. The molecule has 6 heteroatoms. The van der Waals surface area contributed by atoms with Crippen LogP contribution < -0.4 is 10.6 Å². The van der Waals surface area contributed by atoms with Gasteiger partial charge in [-0.25, -0.2) is 0 Å². The molecule has 1 fully saturated rings. The minimum Gasteiger partial charge on any atom is -0.352 e. The molecule has 0 atom stereocenters. The van der Waals surface area contributed by atoms with Crippen LogP contribution in [0.3, 0.4) is 0 Å². The van der Waals surface area contributed by atoms with Crippen LogP contribution in [0.2, 0.25) is 5.02 Å². The van der Waals surface area contributed by atoms with E-state index in [1.165, 1.54) is 0 Å². The highest BCUT2D eigenvalue weighted by molar-refractivity contribution is 9.10. The van der Waals surface area contributed by atoms with Crippen LogP contribution in [0.15, 0.2) is 22.7 Å². The van der Waals surface area contributed by atoms with Crippen molar-refractivity contribution in [3.63, 3.8) is 0 Å². The Morgan fingerprint density at radius 1 is 1.40 bits per heavy atom. The molecule has 0 bridgehead atoms. The minimum absolute atomic E-state index is 0.0697. The summed E-state index contributed by atoms with van der Waals surface area (Å²) in [7, 11) is 0. The van der Waals surface area contributed by atoms with Crippen LogP contribution in [-0.2, 0) is 0 Å². The number of halogens is 2. The number of hydrogen-bond donors (Lipinski definition) is 2. The molecule has 110 valence electrons. The van der Waals surface area contributed by atoms with E-state index in [1.54, 1.807) is 18.2 Å². The standard InChI is InChI=1S/C14H19BrClN3O/c15-12-3-2-11(10-13(12)16)14(20)18-4-1-7-19-8-5-17-6-9-19/h2-3,10,17H,1,4-9H2,(H,18,20). The van der Waals surface area contributed by atoms with Gasteiger partial charge in [-0.1, -0.05) is 11.6 Å². The smallest absolute Gasteiger partial charge is 0.251 e. The SMILES string of the molecule is O=C(NCCCN1CCNCC1)c1ccc(Br)c(Cl)c1. The van der Waals surface area contributed by atoms with E-state index in [2.05, 4.69) is 31.5 Å². The van der Waals surface area contributed by atoms with Crippen molar-refractivity contribution in [1.82, 2.24) is 15.5 Å². The van der Waals surface area contributed by atoms with Crippen molar-refractivity contribution in [3.8, 4) is 0 Å². The summed E-state index contributed by atoms with van der Waals surface area (Å²) in [5.74, 6) is -0.0697. The van der Waals surface area contributed by atoms with Gasteiger partial charge >= 0.3 is 0 Å². The van der Waals surface area contributed by atoms with E-state index in [0.29, 0.717) is 17.1 Å². The van der Waals surface area contributed by atoms with Crippen molar-refractivity contribution in [2.24, 2.45) is 0 Å². The third-order valence-corrected chi connectivity index (χ3v) is 4.56. The topological polar surface area (TPSA) is 44.4 Å². The molecular weight excluding hydrogens is 342 g/mol. The fraction of sp³-hybridized carbons (Fsp3) is 0.500. The van der Waals surface area contributed by atoms with E-state index in [4.69, 9.17) is 11.6 Å².